The second-order valence-corrected chi connectivity index (χ2v) is 5.93. The van der Waals surface area contributed by atoms with Crippen LogP contribution in [0.3, 0.4) is 0 Å². The fraction of sp³-hybridized carbons (Fsp3) is 0.769. The third-order valence-electron chi connectivity index (χ3n) is 3.57. The van der Waals surface area contributed by atoms with Gasteiger partial charge in [0.1, 0.15) is 0 Å². The number of anilines is 1. The SMILES string of the molecule is COCCNCc1sc(N(C)C2CCC2)nc1C. The van der Waals surface area contributed by atoms with Gasteiger partial charge in [0.05, 0.1) is 12.3 Å². The van der Waals surface area contributed by atoms with E-state index in [9.17, 15) is 0 Å². The summed E-state index contributed by atoms with van der Waals surface area (Å²) in [7, 11) is 3.90. The molecule has 102 valence electrons. The Balaban J connectivity index is 1.89. The van der Waals surface area contributed by atoms with Gasteiger partial charge < -0.3 is 15.0 Å². The zero-order chi connectivity index (χ0) is 13.0. The number of nitrogens with one attached hydrogen (secondary N) is 1. The largest absolute Gasteiger partial charge is 0.383 e. The maximum absolute atomic E-state index is 5.02. The van der Waals surface area contributed by atoms with Gasteiger partial charge >= 0.3 is 0 Å². The van der Waals surface area contributed by atoms with Crippen LogP contribution in [0.4, 0.5) is 5.13 Å². The van der Waals surface area contributed by atoms with E-state index in [0.29, 0.717) is 6.04 Å². The number of aryl methyl sites for hydroxylation is 1. The lowest BCUT2D eigenvalue weighted by Gasteiger charge is -2.34. The maximum Gasteiger partial charge on any atom is 0.185 e. The van der Waals surface area contributed by atoms with Crippen LogP contribution in [0.25, 0.3) is 0 Å². The van der Waals surface area contributed by atoms with Crippen LogP contribution in [0, 0.1) is 6.92 Å². The molecule has 0 amide bonds. The molecule has 1 saturated carbocycles. The lowest BCUT2D eigenvalue weighted by atomic mass is 9.92. The Hall–Kier alpha value is -0.650. The molecule has 5 heteroatoms. The van der Waals surface area contributed by atoms with Crippen molar-refractivity contribution in [2.75, 3.05) is 32.2 Å². The maximum atomic E-state index is 5.02. The number of rotatable bonds is 7. The molecule has 1 aromatic rings. The highest BCUT2D eigenvalue weighted by atomic mass is 32.1. The molecule has 0 radical (unpaired) electrons. The van der Waals surface area contributed by atoms with Gasteiger partial charge in [-0.15, -0.1) is 11.3 Å². The highest BCUT2D eigenvalue weighted by Gasteiger charge is 2.24. The summed E-state index contributed by atoms with van der Waals surface area (Å²) in [6.07, 6.45) is 4.00. The highest BCUT2D eigenvalue weighted by Crippen LogP contribution is 2.32. The van der Waals surface area contributed by atoms with E-state index in [-0.39, 0.29) is 0 Å². The summed E-state index contributed by atoms with van der Waals surface area (Å²) in [5.74, 6) is 0. The quantitative estimate of drug-likeness (QED) is 0.770. The smallest absolute Gasteiger partial charge is 0.185 e. The first-order valence-electron chi connectivity index (χ1n) is 6.61. The van der Waals surface area contributed by atoms with Crippen molar-refractivity contribution in [1.29, 1.82) is 0 Å². The Kier molecular flexibility index (Phi) is 4.97. The molecule has 0 bridgehead atoms. The van der Waals surface area contributed by atoms with E-state index in [1.165, 1.54) is 29.3 Å². The fourth-order valence-electron chi connectivity index (χ4n) is 2.03. The van der Waals surface area contributed by atoms with Crippen LogP contribution in [-0.4, -0.2) is 38.3 Å². The zero-order valence-corrected chi connectivity index (χ0v) is 12.3. The van der Waals surface area contributed by atoms with Crippen molar-refractivity contribution in [2.24, 2.45) is 0 Å². The van der Waals surface area contributed by atoms with E-state index in [4.69, 9.17) is 4.74 Å². The molecule has 0 unspecified atom stereocenters. The first kappa shape index (κ1) is 13.8. The molecule has 1 heterocycles. The molecule has 18 heavy (non-hydrogen) atoms. The second-order valence-electron chi connectivity index (χ2n) is 4.87. The molecule has 0 saturated heterocycles. The van der Waals surface area contributed by atoms with Crippen LogP contribution in [0.5, 0.6) is 0 Å². The Bertz CT molecular complexity index is 376. The van der Waals surface area contributed by atoms with E-state index in [1.54, 1.807) is 7.11 Å². The van der Waals surface area contributed by atoms with Gasteiger partial charge in [0, 0.05) is 38.2 Å². The van der Waals surface area contributed by atoms with Gasteiger partial charge in [-0.2, -0.15) is 0 Å². The molecule has 0 aromatic carbocycles. The van der Waals surface area contributed by atoms with Gasteiger partial charge in [-0.25, -0.2) is 4.98 Å². The molecule has 1 N–H and O–H groups in total. The first-order valence-corrected chi connectivity index (χ1v) is 7.43. The van der Waals surface area contributed by atoms with Crippen LogP contribution >= 0.6 is 11.3 Å². The number of thiazole rings is 1. The number of hydrogen-bond donors (Lipinski definition) is 1. The van der Waals surface area contributed by atoms with Crippen molar-refractivity contribution in [3.8, 4) is 0 Å². The molecule has 1 aliphatic carbocycles. The van der Waals surface area contributed by atoms with Gasteiger partial charge in [-0.1, -0.05) is 0 Å². The highest BCUT2D eigenvalue weighted by molar-refractivity contribution is 7.15. The van der Waals surface area contributed by atoms with Crippen LogP contribution in [0.2, 0.25) is 0 Å². The predicted octanol–water partition coefficient (Wildman–Crippen LogP) is 2.18. The molecular weight excluding hydrogens is 246 g/mol. The molecule has 0 atom stereocenters. The number of hydrogen-bond acceptors (Lipinski definition) is 5. The third-order valence-corrected chi connectivity index (χ3v) is 4.82. The molecule has 0 aliphatic heterocycles. The van der Waals surface area contributed by atoms with E-state index in [2.05, 4.69) is 29.2 Å². The Labute approximate surface area is 113 Å². The summed E-state index contributed by atoms with van der Waals surface area (Å²) in [6.45, 7) is 4.64. The molecule has 1 aromatic heterocycles. The standard InChI is InChI=1S/C13H23N3OS/c1-10-12(9-14-7-8-17-3)18-13(15-10)16(2)11-5-4-6-11/h11,14H,4-9H2,1-3H3. The van der Waals surface area contributed by atoms with Gasteiger partial charge in [-0.3, -0.25) is 0 Å². The fourth-order valence-corrected chi connectivity index (χ4v) is 3.10. The summed E-state index contributed by atoms with van der Waals surface area (Å²) >= 11 is 1.81. The predicted molar refractivity (Wildman–Crippen MR) is 76.5 cm³/mol. The Morgan fingerprint density at radius 3 is 2.89 bits per heavy atom. The summed E-state index contributed by atoms with van der Waals surface area (Å²) in [5.41, 5.74) is 1.16. The van der Waals surface area contributed by atoms with Crippen LogP contribution < -0.4 is 10.2 Å². The number of aromatic nitrogens is 1. The number of nitrogens with zero attached hydrogens (tertiary/aromatic N) is 2. The minimum Gasteiger partial charge on any atom is -0.383 e. The second kappa shape index (κ2) is 6.50. The van der Waals surface area contributed by atoms with Crippen molar-refractivity contribution in [3.63, 3.8) is 0 Å². The van der Waals surface area contributed by atoms with Crippen molar-refractivity contribution >= 4 is 16.5 Å². The van der Waals surface area contributed by atoms with E-state index >= 15 is 0 Å². The third kappa shape index (κ3) is 3.22. The van der Waals surface area contributed by atoms with Crippen LogP contribution in [0.15, 0.2) is 0 Å². The summed E-state index contributed by atoms with van der Waals surface area (Å²) < 4.78 is 5.02. The van der Waals surface area contributed by atoms with Crippen LogP contribution in [0.1, 0.15) is 29.8 Å². The summed E-state index contributed by atoms with van der Waals surface area (Å²) in [4.78, 5) is 8.37. The van der Waals surface area contributed by atoms with E-state index in [0.717, 1.165) is 25.4 Å². The molecule has 4 nitrogen and oxygen atoms in total. The monoisotopic (exact) mass is 269 g/mol. The first-order chi connectivity index (χ1) is 8.72. The lowest BCUT2D eigenvalue weighted by molar-refractivity contribution is 0.199. The molecular formula is C13H23N3OS. The Morgan fingerprint density at radius 1 is 1.50 bits per heavy atom. The van der Waals surface area contributed by atoms with Crippen molar-refractivity contribution in [2.45, 2.75) is 38.8 Å². The van der Waals surface area contributed by atoms with Crippen LogP contribution in [-0.2, 0) is 11.3 Å². The van der Waals surface area contributed by atoms with Gasteiger partial charge in [0.2, 0.25) is 0 Å². The number of methoxy groups -OCH3 is 1. The van der Waals surface area contributed by atoms with Crippen molar-refractivity contribution < 1.29 is 4.74 Å². The average molecular weight is 269 g/mol. The zero-order valence-electron chi connectivity index (χ0n) is 11.5. The minimum absolute atomic E-state index is 0.713. The van der Waals surface area contributed by atoms with Crippen molar-refractivity contribution in [3.05, 3.63) is 10.6 Å². The molecule has 0 spiro atoms. The normalized spacial score (nSPS) is 15.7. The molecule has 1 aliphatic rings. The molecule has 2 rings (SSSR count). The lowest BCUT2D eigenvalue weighted by Crippen LogP contribution is -2.36. The summed E-state index contributed by atoms with van der Waals surface area (Å²) in [6, 6.07) is 0.713. The molecule has 1 fully saturated rings. The minimum atomic E-state index is 0.713. The van der Waals surface area contributed by atoms with E-state index in [1.807, 2.05) is 11.3 Å². The van der Waals surface area contributed by atoms with Crippen molar-refractivity contribution in [1.82, 2.24) is 10.3 Å². The van der Waals surface area contributed by atoms with E-state index < -0.39 is 0 Å². The average Bonchev–Trinajstić information content (AvgIpc) is 2.64. The number of ether oxygens (including phenoxy) is 1. The topological polar surface area (TPSA) is 37.4 Å². The van der Waals surface area contributed by atoms with Gasteiger partial charge in [0.15, 0.2) is 5.13 Å². The van der Waals surface area contributed by atoms with Gasteiger partial charge in [0.25, 0.3) is 0 Å². The Morgan fingerprint density at radius 2 is 2.28 bits per heavy atom. The van der Waals surface area contributed by atoms with Gasteiger partial charge in [-0.05, 0) is 26.2 Å². The summed E-state index contributed by atoms with van der Waals surface area (Å²) in [5, 5.41) is 4.55.